The van der Waals surface area contributed by atoms with Crippen LogP contribution in [0, 0.1) is 10.1 Å². The Kier molecular flexibility index (Phi) is 5.66. The highest BCUT2D eigenvalue weighted by molar-refractivity contribution is 6.01. The van der Waals surface area contributed by atoms with E-state index in [-0.39, 0.29) is 33.9 Å². The summed E-state index contributed by atoms with van der Waals surface area (Å²) in [5, 5.41) is 38.6. The van der Waals surface area contributed by atoms with Gasteiger partial charge in [-0.15, -0.1) is 0 Å². The minimum Gasteiger partial charge on any atom is -0.506 e. The molecule has 0 bridgehead atoms. The average Bonchev–Trinajstić information content (AvgIpc) is 2.62. The molecule has 0 fully saturated rings. The van der Waals surface area contributed by atoms with Crippen LogP contribution < -0.4 is 0 Å². The van der Waals surface area contributed by atoms with Crippen molar-refractivity contribution < 1.29 is 29.8 Å². The lowest BCUT2D eigenvalue weighted by Crippen LogP contribution is -2.01. The molecule has 0 aliphatic heterocycles. The van der Waals surface area contributed by atoms with E-state index in [1.54, 1.807) is 18.2 Å². The minimum atomic E-state index is -1.25. The van der Waals surface area contributed by atoms with Crippen molar-refractivity contribution in [2.75, 3.05) is 0 Å². The Morgan fingerprint density at radius 1 is 1.00 bits per heavy atom. The van der Waals surface area contributed by atoms with Crippen molar-refractivity contribution in [3.63, 3.8) is 0 Å². The third-order valence-electron chi connectivity index (χ3n) is 3.57. The number of carbonyl (C=O) groups excluding carboxylic acids is 1. The summed E-state index contributed by atoms with van der Waals surface area (Å²) in [7, 11) is 0. The molecule has 0 spiro atoms. The maximum absolute atomic E-state index is 10.9. The van der Waals surface area contributed by atoms with Gasteiger partial charge in [-0.2, -0.15) is 0 Å². The molecule has 1 heterocycles. The number of ketones is 1. The highest BCUT2D eigenvalue weighted by Crippen LogP contribution is 2.32. The maximum Gasteiger partial charge on any atom is 0.339 e. The summed E-state index contributed by atoms with van der Waals surface area (Å²) < 4.78 is 0. The van der Waals surface area contributed by atoms with Gasteiger partial charge in [-0.05, 0) is 31.2 Å². The molecule has 3 aromatic rings. The lowest BCUT2D eigenvalue weighted by atomic mass is 10.1. The fourth-order valence-corrected chi connectivity index (χ4v) is 2.27. The number of fused-ring (bicyclic) bond motifs is 1. The highest BCUT2D eigenvalue weighted by atomic mass is 16.6. The van der Waals surface area contributed by atoms with Crippen LogP contribution in [0.5, 0.6) is 11.5 Å². The van der Waals surface area contributed by atoms with Crippen molar-refractivity contribution >= 4 is 28.3 Å². The first-order chi connectivity index (χ1) is 12.7. The summed E-state index contributed by atoms with van der Waals surface area (Å²) in [6.07, 6.45) is 1.48. The zero-order valence-electron chi connectivity index (χ0n) is 14.0. The number of hydrogen-bond donors (Lipinski definition) is 3. The van der Waals surface area contributed by atoms with Crippen LogP contribution in [0.25, 0.3) is 10.9 Å². The van der Waals surface area contributed by atoms with E-state index in [9.17, 15) is 29.9 Å². The molecule has 0 atom stereocenters. The molecule has 138 valence electrons. The minimum absolute atomic E-state index is 0.0277. The number of aromatic carboxylic acids is 1. The van der Waals surface area contributed by atoms with Gasteiger partial charge in [0, 0.05) is 17.6 Å². The lowest BCUT2D eigenvalue weighted by molar-refractivity contribution is -0.385. The number of rotatable bonds is 3. The monoisotopic (exact) mass is 370 g/mol. The largest absolute Gasteiger partial charge is 0.506 e. The number of aromatic nitrogens is 1. The molecule has 0 aliphatic rings. The second-order valence-electron chi connectivity index (χ2n) is 5.33. The second kappa shape index (κ2) is 7.91. The van der Waals surface area contributed by atoms with Crippen LogP contribution in [0.4, 0.5) is 5.69 Å². The summed E-state index contributed by atoms with van der Waals surface area (Å²) in [4.78, 5) is 35.1. The van der Waals surface area contributed by atoms with Crippen molar-refractivity contribution in [1.82, 2.24) is 4.98 Å². The Morgan fingerprint density at radius 3 is 2.26 bits per heavy atom. The van der Waals surface area contributed by atoms with E-state index in [0.29, 0.717) is 5.39 Å². The summed E-state index contributed by atoms with van der Waals surface area (Å²) in [5.74, 6) is -2.46. The zero-order valence-corrected chi connectivity index (χ0v) is 14.0. The Bertz CT molecular complexity index is 1010. The maximum atomic E-state index is 10.9. The smallest absolute Gasteiger partial charge is 0.339 e. The molecule has 0 unspecified atom stereocenters. The fourth-order valence-electron chi connectivity index (χ4n) is 2.27. The summed E-state index contributed by atoms with van der Waals surface area (Å²) in [6, 6.07) is 10.3. The van der Waals surface area contributed by atoms with Crippen LogP contribution in [0.1, 0.15) is 27.6 Å². The van der Waals surface area contributed by atoms with Gasteiger partial charge in [0.25, 0.3) is 0 Å². The molecule has 3 rings (SSSR count). The first kappa shape index (κ1) is 19.3. The van der Waals surface area contributed by atoms with E-state index in [4.69, 9.17) is 5.11 Å². The van der Waals surface area contributed by atoms with E-state index >= 15 is 0 Å². The van der Waals surface area contributed by atoms with Crippen molar-refractivity contribution in [3.8, 4) is 11.5 Å². The lowest BCUT2D eigenvalue weighted by Gasteiger charge is -2.02. The van der Waals surface area contributed by atoms with Gasteiger partial charge in [0.05, 0.1) is 10.5 Å². The van der Waals surface area contributed by atoms with Crippen LogP contribution >= 0.6 is 0 Å². The van der Waals surface area contributed by atoms with E-state index < -0.39 is 16.6 Å². The van der Waals surface area contributed by atoms with Crippen molar-refractivity contribution in [3.05, 3.63) is 69.9 Å². The van der Waals surface area contributed by atoms with Crippen LogP contribution in [-0.2, 0) is 0 Å². The topological polar surface area (TPSA) is 151 Å². The number of phenolic OH excluding ortho intramolecular Hbond substituents is 1. The van der Waals surface area contributed by atoms with Gasteiger partial charge in [-0.3, -0.25) is 19.9 Å². The van der Waals surface area contributed by atoms with E-state index in [1.807, 2.05) is 0 Å². The zero-order chi connectivity index (χ0) is 20.1. The van der Waals surface area contributed by atoms with Crippen molar-refractivity contribution in [1.29, 1.82) is 0 Å². The normalized spacial score (nSPS) is 9.96. The number of hydrogen-bond acceptors (Lipinski definition) is 7. The van der Waals surface area contributed by atoms with Gasteiger partial charge in [0.15, 0.2) is 5.78 Å². The average molecular weight is 370 g/mol. The molecule has 0 amide bonds. The molecule has 0 saturated heterocycles. The fraction of sp³-hybridized carbons (Fsp3) is 0.0556. The standard InChI is InChI=1S/C9H6N2O3.C9H8O4/c12-9-7(11(13)14)4-3-6-2-1-5-10-8(6)9;1-5(10)6-3-2-4-7(8(6)11)9(12)13/h1-5,12H;2-4,11H,1H3,(H,12,13). The third kappa shape index (κ3) is 4.15. The van der Waals surface area contributed by atoms with Crippen molar-refractivity contribution in [2.45, 2.75) is 6.92 Å². The Hall–Kier alpha value is -4.01. The number of nitro benzene ring substituents is 1. The number of nitrogens with zero attached hydrogens (tertiary/aromatic N) is 2. The molecular weight excluding hydrogens is 356 g/mol. The number of para-hydroxylation sites is 1. The van der Waals surface area contributed by atoms with Crippen LogP contribution in [0.3, 0.4) is 0 Å². The first-order valence-electron chi connectivity index (χ1n) is 7.51. The van der Waals surface area contributed by atoms with Crippen LogP contribution in [0.15, 0.2) is 48.7 Å². The molecule has 3 N–H and O–H groups in total. The number of phenols is 2. The summed E-state index contributed by atoms with van der Waals surface area (Å²) >= 11 is 0. The summed E-state index contributed by atoms with van der Waals surface area (Å²) in [6.45, 7) is 1.26. The van der Waals surface area contributed by atoms with Gasteiger partial charge >= 0.3 is 11.7 Å². The molecule has 0 saturated carbocycles. The Morgan fingerprint density at radius 2 is 1.67 bits per heavy atom. The summed E-state index contributed by atoms with van der Waals surface area (Å²) in [5.41, 5.74) is -0.300. The molecule has 27 heavy (non-hydrogen) atoms. The number of carbonyl (C=O) groups is 2. The second-order valence-corrected chi connectivity index (χ2v) is 5.33. The van der Waals surface area contributed by atoms with Crippen LogP contribution in [-0.4, -0.2) is 37.0 Å². The van der Waals surface area contributed by atoms with Crippen molar-refractivity contribution in [2.24, 2.45) is 0 Å². The Labute approximate surface area is 152 Å². The third-order valence-corrected chi connectivity index (χ3v) is 3.57. The van der Waals surface area contributed by atoms with Gasteiger partial charge in [0.2, 0.25) is 5.75 Å². The predicted octanol–water partition coefficient (Wildman–Crippen LogP) is 3.14. The molecule has 0 radical (unpaired) electrons. The Balaban J connectivity index is 0.000000194. The van der Waals surface area contributed by atoms with E-state index in [0.717, 1.165) is 0 Å². The molecule has 0 aliphatic carbocycles. The number of aromatic hydroxyl groups is 2. The number of nitro groups is 1. The number of Topliss-reactive ketones (excluding diaryl/α,β-unsaturated/α-hetero) is 1. The highest BCUT2D eigenvalue weighted by Gasteiger charge is 2.16. The first-order valence-corrected chi connectivity index (χ1v) is 7.51. The molecule has 2 aromatic carbocycles. The van der Waals surface area contributed by atoms with Crippen LogP contribution in [0.2, 0.25) is 0 Å². The number of pyridine rings is 1. The molecular formula is C18H14N2O7. The number of carboxylic acids is 1. The van der Waals surface area contributed by atoms with E-state index in [2.05, 4.69) is 4.98 Å². The number of carboxylic acid groups (broad SMARTS) is 1. The van der Waals surface area contributed by atoms with E-state index in [1.165, 1.54) is 37.4 Å². The SMILES string of the molecule is CC(=O)c1cccc(C(=O)O)c1O.O=[N+]([O-])c1ccc2cccnc2c1O. The molecule has 9 nitrogen and oxygen atoms in total. The van der Waals surface area contributed by atoms with Gasteiger partial charge < -0.3 is 15.3 Å². The van der Waals surface area contributed by atoms with Gasteiger partial charge in [-0.1, -0.05) is 12.1 Å². The predicted molar refractivity (Wildman–Crippen MR) is 95.1 cm³/mol. The van der Waals surface area contributed by atoms with Gasteiger partial charge in [0.1, 0.15) is 16.8 Å². The molecule has 1 aromatic heterocycles. The van der Waals surface area contributed by atoms with Gasteiger partial charge in [-0.25, -0.2) is 4.79 Å². The number of benzene rings is 2. The quantitative estimate of drug-likeness (QED) is 0.361. The molecule has 9 heteroatoms.